The van der Waals surface area contributed by atoms with Crippen LogP contribution in [0.2, 0.25) is 0 Å². The van der Waals surface area contributed by atoms with E-state index < -0.39 is 5.97 Å². The fourth-order valence-corrected chi connectivity index (χ4v) is 2.56. The molecule has 0 amide bonds. The molecule has 0 aliphatic carbocycles. The van der Waals surface area contributed by atoms with Gasteiger partial charge in [-0.15, -0.1) is 0 Å². The highest BCUT2D eigenvalue weighted by Gasteiger charge is 2.09. The van der Waals surface area contributed by atoms with Crippen LogP contribution in [0.1, 0.15) is 21.5 Å². The molecule has 0 aliphatic heterocycles. The van der Waals surface area contributed by atoms with Crippen LogP contribution in [0.5, 0.6) is 0 Å². The summed E-state index contributed by atoms with van der Waals surface area (Å²) < 4.78 is 0. The quantitative estimate of drug-likeness (QED) is 0.755. The number of nitrogens with zero attached hydrogens (tertiary/aromatic N) is 1. The van der Waals surface area contributed by atoms with Gasteiger partial charge in [0.05, 0.1) is 11.1 Å². The second-order valence-corrected chi connectivity index (χ2v) is 5.29. The summed E-state index contributed by atoms with van der Waals surface area (Å²) in [5.74, 6) is -0.935. The normalized spacial score (nSPS) is 10.6. The smallest absolute Gasteiger partial charge is 0.335 e. The molecule has 4 nitrogen and oxygen atoms in total. The molecule has 0 saturated carbocycles. The van der Waals surface area contributed by atoms with Crippen molar-refractivity contribution in [1.82, 2.24) is 4.98 Å². The maximum atomic E-state index is 11.1. The third-order valence-electron chi connectivity index (χ3n) is 3.69. The fraction of sp³-hybridized carbons (Fsp3) is 0.111. The van der Waals surface area contributed by atoms with Gasteiger partial charge < -0.3 is 10.4 Å². The SMILES string of the molecule is Cc1ccc(C)c2c(Nc3cccc(C(=O)O)c3)ccnc12. The van der Waals surface area contributed by atoms with Gasteiger partial charge in [-0.3, -0.25) is 4.98 Å². The van der Waals surface area contributed by atoms with Gasteiger partial charge in [0.25, 0.3) is 0 Å². The Morgan fingerprint density at radius 1 is 1.09 bits per heavy atom. The first kappa shape index (κ1) is 14.1. The highest BCUT2D eigenvalue weighted by atomic mass is 16.4. The summed E-state index contributed by atoms with van der Waals surface area (Å²) in [6.07, 6.45) is 1.76. The van der Waals surface area contributed by atoms with Gasteiger partial charge in [-0.25, -0.2) is 4.79 Å². The number of benzene rings is 2. The predicted octanol–water partition coefficient (Wildman–Crippen LogP) is 4.29. The van der Waals surface area contributed by atoms with Crippen molar-refractivity contribution < 1.29 is 9.90 Å². The Morgan fingerprint density at radius 3 is 2.64 bits per heavy atom. The number of fused-ring (bicyclic) bond motifs is 1. The number of aromatic carboxylic acids is 1. The molecule has 0 radical (unpaired) electrons. The first-order chi connectivity index (χ1) is 10.6. The summed E-state index contributed by atoms with van der Waals surface area (Å²) >= 11 is 0. The summed E-state index contributed by atoms with van der Waals surface area (Å²) in [6.45, 7) is 4.08. The topological polar surface area (TPSA) is 62.2 Å². The highest BCUT2D eigenvalue weighted by molar-refractivity contribution is 5.97. The summed E-state index contributed by atoms with van der Waals surface area (Å²) in [6, 6.07) is 12.8. The van der Waals surface area contributed by atoms with Crippen LogP contribution in [0.25, 0.3) is 10.9 Å². The van der Waals surface area contributed by atoms with E-state index in [1.54, 1.807) is 24.4 Å². The van der Waals surface area contributed by atoms with E-state index in [9.17, 15) is 4.79 Å². The van der Waals surface area contributed by atoms with Crippen LogP contribution in [-0.2, 0) is 0 Å². The molecule has 0 aliphatic rings. The lowest BCUT2D eigenvalue weighted by molar-refractivity contribution is 0.0697. The zero-order valence-corrected chi connectivity index (χ0v) is 12.4. The zero-order valence-electron chi connectivity index (χ0n) is 12.4. The average molecular weight is 292 g/mol. The summed E-state index contributed by atoms with van der Waals surface area (Å²) in [7, 11) is 0. The van der Waals surface area contributed by atoms with Crippen LogP contribution in [0.3, 0.4) is 0 Å². The standard InChI is InChI=1S/C18H16N2O2/c1-11-6-7-12(2)17-16(11)15(8-9-19-17)20-14-5-3-4-13(10-14)18(21)22/h3-10H,1-2H3,(H,19,20)(H,21,22). The van der Waals surface area contributed by atoms with Crippen LogP contribution in [0.4, 0.5) is 11.4 Å². The van der Waals surface area contributed by atoms with Crippen molar-refractivity contribution in [2.75, 3.05) is 5.32 Å². The van der Waals surface area contributed by atoms with Crippen molar-refractivity contribution >= 4 is 28.2 Å². The lowest BCUT2D eigenvalue weighted by Gasteiger charge is -2.13. The van der Waals surface area contributed by atoms with Crippen molar-refractivity contribution in [3.63, 3.8) is 0 Å². The Hall–Kier alpha value is -2.88. The van der Waals surface area contributed by atoms with Gasteiger partial charge in [0.15, 0.2) is 0 Å². The molecule has 2 N–H and O–H groups in total. The van der Waals surface area contributed by atoms with Gasteiger partial charge in [-0.2, -0.15) is 0 Å². The molecule has 0 bridgehead atoms. The van der Waals surface area contributed by atoms with E-state index >= 15 is 0 Å². The predicted molar refractivity (Wildman–Crippen MR) is 87.9 cm³/mol. The molecular formula is C18H16N2O2. The largest absolute Gasteiger partial charge is 0.478 e. The first-order valence-corrected chi connectivity index (χ1v) is 7.01. The first-order valence-electron chi connectivity index (χ1n) is 7.01. The molecule has 2 aromatic carbocycles. The van der Waals surface area contributed by atoms with E-state index in [0.717, 1.165) is 33.4 Å². The van der Waals surface area contributed by atoms with Crippen LogP contribution < -0.4 is 5.32 Å². The Labute approximate surface area is 128 Å². The van der Waals surface area contributed by atoms with Crippen molar-refractivity contribution in [1.29, 1.82) is 0 Å². The molecule has 1 aromatic heterocycles. The molecule has 0 unspecified atom stereocenters. The Balaban J connectivity index is 2.10. The van der Waals surface area contributed by atoms with E-state index in [-0.39, 0.29) is 5.56 Å². The number of aryl methyl sites for hydroxylation is 2. The van der Waals surface area contributed by atoms with Crippen LogP contribution >= 0.6 is 0 Å². The molecule has 3 rings (SSSR count). The maximum Gasteiger partial charge on any atom is 0.335 e. The minimum absolute atomic E-state index is 0.260. The molecular weight excluding hydrogens is 276 g/mol. The van der Waals surface area contributed by atoms with Crippen LogP contribution in [0.15, 0.2) is 48.7 Å². The molecule has 0 atom stereocenters. The van der Waals surface area contributed by atoms with Crippen molar-refractivity contribution in [2.24, 2.45) is 0 Å². The number of nitrogens with one attached hydrogen (secondary N) is 1. The highest BCUT2D eigenvalue weighted by Crippen LogP contribution is 2.29. The van der Waals surface area contributed by atoms with Crippen LogP contribution in [-0.4, -0.2) is 16.1 Å². The number of anilines is 2. The molecule has 110 valence electrons. The molecule has 3 aromatic rings. The number of pyridine rings is 1. The number of aromatic nitrogens is 1. The van der Waals surface area contributed by atoms with E-state index in [1.165, 1.54) is 0 Å². The summed E-state index contributed by atoms with van der Waals surface area (Å²) in [4.78, 5) is 15.5. The average Bonchev–Trinajstić information content (AvgIpc) is 2.51. The molecule has 4 heteroatoms. The minimum atomic E-state index is -0.935. The van der Waals surface area contributed by atoms with E-state index in [2.05, 4.69) is 22.4 Å². The number of carboxylic acid groups (broad SMARTS) is 1. The number of hydrogen-bond acceptors (Lipinski definition) is 3. The van der Waals surface area contributed by atoms with E-state index in [1.807, 2.05) is 26.0 Å². The van der Waals surface area contributed by atoms with Crippen LogP contribution in [0, 0.1) is 13.8 Å². The molecule has 0 saturated heterocycles. The van der Waals surface area contributed by atoms with Gasteiger partial charge in [0.1, 0.15) is 0 Å². The molecule has 1 heterocycles. The van der Waals surface area contributed by atoms with Gasteiger partial charge in [-0.1, -0.05) is 18.2 Å². The second-order valence-electron chi connectivity index (χ2n) is 5.29. The lowest BCUT2D eigenvalue weighted by Crippen LogP contribution is -1.99. The monoisotopic (exact) mass is 292 g/mol. The van der Waals surface area contributed by atoms with Gasteiger partial charge in [0.2, 0.25) is 0 Å². The number of hydrogen-bond donors (Lipinski definition) is 2. The third-order valence-corrected chi connectivity index (χ3v) is 3.69. The molecule has 0 spiro atoms. The molecule has 22 heavy (non-hydrogen) atoms. The Bertz CT molecular complexity index is 872. The van der Waals surface area contributed by atoms with E-state index in [4.69, 9.17) is 5.11 Å². The van der Waals surface area contributed by atoms with Gasteiger partial charge >= 0.3 is 5.97 Å². The Morgan fingerprint density at radius 2 is 1.86 bits per heavy atom. The van der Waals surface area contributed by atoms with Gasteiger partial charge in [0, 0.05) is 23.0 Å². The van der Waals surface area contributed by atoms with Gasteiger partial charge in [-0.05, 0) is 49.2 Å². The minimum Gasteiger partial charge on any atom is -0.478 e. The zero-order chi connectivity index (χ0) is 15.7. The summed E-state index contributed by atoms with van der Waals surface area (Å²) in [5.41, 5.74) is 5.13. The van der Waals surface area contributed by atoms with Crippen molar-refractivity contribution in [3.05, 3.63) is 65.4 Å². The second kappa shape index (κ2) is 5.48. The van der Waals surface area contributed by atoms with Crippen molar-refractivity contribution in [3.8, 4) is 0 Å². The maximum absolute atomic E-state index is 11.1. The lowest BCUT2D eigenvalue weighted by atomic mass is 10.0. The number of rotatable bonds is 3. The van der Waals surface area contributed by atoms with Crippen molar-refractivity contribution in [2.45, 2.75) is 13.8 Å². The third kappa shape index (κ3) is 2.51. The Kier molecular flexibility index (Phi) is 3.51. The summed E-state index contributed by atoms with van der Waals surface area (Å²) in [5, 5.41) is 13.5. The number of carboxylic acids is 1. The van der Waals surface area contributed by atoms with E-state index in [0.29, 0.717) is 0 Å². The fourth-order valence-electron chi connectivity index (χ4n) is 2.56. The molecule has 0 fully saturated rings. The number of carbonyl (C=O) groups is 1.